The van der Waals surface area contributed by atoms with Crippen LogP contribution in [-0.2, 0) is 6.42 Å². The van der Waals surface area contributed by atoms with E-state index in [1.54, 1.807) is 0 Å². The van der Waals surface area contributed by atoms with E-state index in [9.17, 15) is 0 Å². The minimum atomic E-state index is 0.567. The molecule has 0 spiro atoms. The Balaban J connectivity index is 1.87. The van der Waals surface area contributed by atoms with E-state index in [0.29, 0.717) is 12.0 Å². The molecular formula is C16H25N3. The first kappa shape index (κ1) is 12.9. The van der Waals surface area contributed by atoms with Crippen LogP contribution in [0.25, 0.3) is 0 Å². The summed E-state index contributed by atoms with van der Waals surface area (Å²) in [6.45, 7) is 9.06. The topological polar surface area (TPSA) is 19.4 Å². The monoisotopic (exact) mass is 259 g/mol. The van der Waals surface area contributed by atoms with Gasteiger partial charge < -0.3 is 4.90 Å². The van der Waals surface area contributed by atoms with Crippen molar-refractivity contribution in [3.05, 3.63) is 23.4 Å². The van der Waals surface area contributed by atoms with Crippen LogP contribution in [-0.4, -0.2) is 42.1 Å². The molecule has 1 aromatic rings. The summed E-state index contributed by atoms with van der Waals surface area (Å²) in [4.78, 5) is 9.96. The second-order valence-electron chi connectivity index (χ2n) is 6.35. The molecule has 0 unspecified atom stereocenters. The average Bonchev–Trinajstić information content (AvgIpc) is 2.96. The van der Waals surface area contributed by atoms with Crippen molar-refractivity contribution in [3.8, 4) is 0 Å². The minimum absolute atomic E-state index is 0.567. The molecular weight excluding hydrogens is 234 g/mol. The quantitative estimate of drug-likeness (QED) is 0.832. The first-order valence-corrected chi connectivity index (χ1v) is 7.56. The molecule has 3 heteroatoms. The Kier molecular flexibility index (Phi) is 3.25. The van der Waals surface area contributed by atoms with Gasteiger partial charge >= 0.3 is 0 Å². The van der Waals surface area contributed by atoms with E-state index >= 15 is 0 Å². The number of hydrogen-bond acceptors (Lipinski definition) is 3. The smallest absolute Gasteiger partial charge is 0.129 e. The number of rotatable bonds is 3. The summed E-state index contributed by atoms with van der Waals surface area (Å²) in [6, 6.07) is 5.94. The van der Waals surface area contributed by atoms with E-state index in [1.807, 2.05) is 0 Å². The van der Waals surface area contributed by atoms with Gasteiger partial charge in [0.15, 0.2) is 0 Å². The molecule has 3 heterocycles. The maximum atomic E-state index is 4.95. The van der Waals surface area contributed by atoms with Gasteiger partial charge in [-0.1, -0.05) is 26.8 Å². The normalized spacial score (nSPS) is 26.7. The molecule has 0 aromatic carbocycles. The van der Waals surface area contributed by atoms with Crippen molar-refractivity contribution in [2.45, 2.75) is 51.6 Å². The summed E-state index contributed by atoms with van der Waals surface area (Å²) in [5.41, 5.74) is 2.69. The molecule has 0 radical (unpaired) electrons. The number of aromatic nitrogens is 1. The third kappa shape index (κ3) is 2.14. The van der Waals surface area contributed by atoms with Gasteiger partial charge in [0.2, 0.25) is 0 Å². The van der Waals surface area contributed by atoms with Crippen LogP contribution < -0.4 is 4.90 Å². The van der Waals surface area contributed by atoms with Crippen LogP contribution in [0.4, 0.5) is 5.82 Å². The summed E-state index contributed by atoms with van der Waals surface area (Å²) >= 11 is 0. The molecule has 2 fully saturated rings. The predicted octanol–water partition coefficient (Wildman–Crippen LogP) is 2.66. The lowest BCUT2D eigenvalue weighted by molar-refractivity contribution is 0.292. The molecule has 2 aliphatic rings. The molecule has 2 atom stereocenters. The highest BCUT2D eigenvalue weighted by atomic mass is 15.4. The van der Waals surface area contributed by atoms with Crippen molar-refractivity contribution < 1.29 is 0 Å². The van der Waals surface area contributed by atoms with Crippen molar-refractivity contribution in [2.24, 2.45) is 0 Å². The number of likely N-dealkylation sites (N-methyl/N-ethyl adjacent to an activating group) is 1. The molecule has 3 nitrogen and oxygen atoms in total. The Bertz CT molecular complexity index is 467. The molecule has 0 amide bonds. The molecule has 1 aromatic heterocycles. The third-order valence-electron chi connectivity index (χ3n) is 4.76. The molecule has 2 aliphatic heterocycles. The van der Waals surface area contributed by atoms with Gasteiger partial charge in [-0.05, 0) is 37.4 Å². The standard InChI is InChI=1S/C16H25N3/c1-5-15-14(11(2)3)6-7-16(17-15)19-10-12-8-13(19)9-18(12)4/h6-7,11-13H,5,8-10H2,1-4H3/t12-,13-/m0/s1. The fraction of sp³-hybridized carbons (Fsp3) is 0.688. The zero-order chi connectivity index (χ0) is 13.6. The van der Waals surface area contributed by atoms with E-state index < -0.39 is 0 Å². The van der Waals surface area contributed by atoms with Crippen molar-refractivity contribution in [1.29, 1.82) is 0 Å². The average molecular weight is 259 g/mol. The van der Waals surface area contributed by atoms with Crippen LogP contribution in [0.15, 0.2) is 12.1 Å². The van der Waals surface area contributed by atoms with Crippen molar-refractivity contribution >= 4 is 5.82 Å². The Hall–Kier alpha value is -1.09. The first-order valence-electron chi connectivity index (χ1n) is 7.56. The summed E-state index contributed by atoms with van der Waals surface area (Å²) in [5.74, 6) is 1.76. The van der Waals surface area contributed by atoms with E-state index in [0.717, 1.165) is 19.0 Å². The Morgan fingerprint density at radius 3 is 2.58 bits per heavy atom. The summed E-state index contributed by atoms with van der Waals surface area (Å²) in [5, 5.41) is 0. The van der Waals surface area contributed by atoms with E-state index in [2.05, 4.69) is 49.8 Å². The van der Waals surface area contributed by atoms with Crippen LogP contribution >= 0.6 is 0 Å². The molecule has 104 valence electrons. The molecule has 0 aliphatic carbocycles. The largest absolute Gasteiger partial charge is 0.351 e. The van der Waals surface area contributed by atoms with Crippen LogP contribution in [0.5, 0.6) is 0 Å². The van der Waals surface area contributed by atoms with Crippen LogP contribution in [0.3, 0.4) is 0 Å². The van der Waals surface area contributed by atoms with Crippen LogP contribution in [0.2, 0.25) is 0 Å². The van der Waals surface area contributed by atoms with Gasteiger partial charge in [0.25, 0.3) is 0 Å². The van der Waals surface area contributed by atoms with Gasteiger partial charge in [-0.25, -0.2) is 4.98 Å². The number of pyridine rings is 1. The third-order valence-corrected chi connectivity index (χ3v) is 4.76. The van der Waals surface area contributed by atoms with Gasteiger partial charge in [-0.15, -0.1) is 0 Å². The second-order valence-corrected chi connectivity index (χ2v) is 6.35. The van der Waals surface area contributed by atoms with Crippen molar-refractivity contribution in [3.63, 3.8) is 0 Å². The minimum Gasteiger partial charge on any atom is -0.351 e. The van der Waals surface area contributed by atoms with Gasteiger partial charge in [0.1, 0.15) is 5.82 Å². The summed E-state index contributed by atoms with van der Waals surface area (Å²) in [7, 11) is 2.24. The Labute approximate surface area is 116 Å². The molecule has 3 rings (SSSR count). The van der Waals surface area contributed by atoms with Gasteiger partial charge in [-0.2, -0.15) is 0 Å². The lowest BCUT2D eigenvalue weighted by Crippen LogP contribution is -2.45. The SMILES string of the molecule is CCc1nc(N2C[C@@H]3C[C@H]2CN3C)ccc1C(C)C. The van der Waals surface area contributed by atoms with Gasteiger partial charge in [0, 0.05) is 30.9 Å². The summed E-state index contributed by atoms with van der Waals surface area (Å²) in [6.07, 6.45) is 2.34. The van der Waals surface area contributed by atoms with Crippen LogP contribution in [0, 0.1) is 0 Å². The highest BCUT2D eigenvalue weighted by Gasteiger charge is 2.41. The lowest BCUT2D eigenvalue weighted by Gasteiger charge is -2.33. The number of likely N-dealkylation sites (tertiary alicyclic amines) is 1. The highest BCUT2D eigenvalue weighted by molar-refractivity contribution is 5.46. The molecule has 0 N–H and O–H groups in total. The fourth-order valence-corrected chi connectivity index (χ4v) is 3.62. The van der Waals surface area contributed by atoms with Crippen LogP contribution in [0.1, 0.15) is 44.4 Å². The molecule has 2 saturated heterocycles. The fourth-order valence-electron chi connectivity index (χ4n) is 3.62. The zero-order valence-electron chi connectivity index (χ0n) is 12.6. The number of hydrogen-bond donors (Lipinski definition) is 0. The first-order chi connectivity index (χ1) is 9.10. The van der Waals surface area contributed by atoms with Gasteiger partial charge in [0.05, 0.1) is 0 Å². The van der Waals surface area contributed by atoms with Crippen molar-refractivity contribution in [2.75, 3.05) is 25.0 Å². The lowest BCUT2D eigenvalue weighted by atomic mass is 10.00. The number of piperazine rings is 1. The van der Waals surface area contributed by atoms with Crippen molar-refractivity contribution in [1.82, 2.24) is 9.88 Å². The predicted molar refractivity (Wildman–Crippen MR) is 79.9 cm³/mol. The number of aryl methyl sites for hydroxylation is 1. The molecule has 0 saturated carbocycles. The Morgan fingerprint density at radius 2 is 2.05 bits per heavy atom. The zero-order valence-corrected chi connectivity index (χ0v) is 12.6. The number of nitrogens with zero attached hydrogens (tertiary/aromatic N) is 3. The van der Waals surface area contributed by atoms with E-state index in [-0.39, 0.29) is 0 Å². The maximum absolute atomic E-state index is 4.95. The summed E-state index contributed by atoms with van der Waals surface area (Å²) < 4.78 is 0. The molecule has 19 heavy (non-hydrogen) atoms. The Morgan fingerprint density at radius 1 is 1.26 bits per heavy atom. The number of anilines is 1. The van der Waals surface area contributed by atoms with Gasteiger partial charge in [-0.3, -0.25) is 4.90 Å². The maximum Gasteiger partial charge on any atom is 0.129 e. The van der Waals surface area contributed by atoms with E-state index in [4.69, 9.17) is 4.98 Å². The van der Waals surface area contributed by atoms with E-state index in [1.165, 1.54) is 30.0 Å². The second kappa shape index (κ2) is 4.78. The molecule has 2 bridgehead atoms. The highest BCUT2D eigenvalue weighted by Crippen LogP contribution is 2.33. The number of fused-ring (bicyclic) bond motifs is 2.